The molecule has 0 radical (unpaired) electrons. The van der Waals surface area contributed by atoms with Gasteiger partial charge in [0.05, 0.1) is 0 Å². The summed E-state index contributed by atoms with van der Waals surface area (Å²) in [7, 11) is 0. The number of aryl methyl sites for hydroxylation is 1. The van der Waals surface area contributed by atoms with Crippen LogP contribution in [0.3, 0.4) is 0 Å². The molecule has 1 heterocycles. The quantitative estimate of drug-likeness (QED) is 0.740. The van der Waals surface area contributed by atoms with Gasteiger partial charge in [0.25, 0.3) is 0 Å². The van der Waals surface area contributed by atoms with E-state index in [1.54, 1.807) is 0 Å². The normalized spacial score (nSPS) is 22.3. The van der Waals surface area contributed by atoms with Crippen molar-refractivity contribution in [3.05, 3.63) is 28.2 Å². The van der Waals surface area contributed by atoms with E-state index in [0.29, 0.717) is 0 Å². The minimum Gasteiger partial charge on any atom is -0.370 e. The molecule has 3 rings (SSSR count). The van der Waals surface area contributed by atoms with E-state index >= 15 is 0 Å². The van der Waals surface area contributed by atoms with Crippen LogP contribution in [0.1, 0.15) is 18.4 Å². The van der Waals surface area contributed by atoms with Crippen LogP contribution in [0.15, 0.2) is 22.7 Å². The first kappa shape index (κ1) is 8.78. The van der Waals surface area contributed by atoms with Crippen LogP contribution >= 0.6 is 15.9 Å². The standard InChI is InChI=1S/C12H14BrN/c1-9-4-10(13)6-11(5-9)14-7-12(8-14)2-3-12/h4-6H,2-3,7-8H2,1H3. The molecule has 1 saturated heterocycles. The number of hydrogen-bond donors (Lipinski definition) is 0. The van der Waals surface area contributed by atoms with E-state index in [-0.39, 0.29) is 0 Å². The lowest BCUT2D eigenvalue weighted by Crippen LogP contribution is -2.48. The van der Waals surface area contributed by atoms with Gasteiger partial charge in [0.2, 0.25) is 0 Å². The highest BCUT2D eigenvalue weighted by atomic mass is 79.9. The molecule has 0 atom stereocenters. The molecule has 1 aliphatic heterocycles. The van der Waals surface area contributed by atoms with Crippen LogP contribution in [-0.4, -0.2) is 13.1 Å². The van der Waals surface area contributed by atoms with E-state index in [9.17, 15) is 0 Å². The molecule has 2 fully saturated rings. The van der Waals surface area contributed by atoms with Crippen LogP contribution in [0.2, 0.25) is 0 Å². The Morgan fingerprint density at radius 2 is 1.93 bits per heavy atom. The third-order valence-corrected chi connectivity index (χ3v) is 3.86. The van der Waals surface area contributed by atoms with Gasteiger partial charge in [-0.2, -0.15) is 0 Å². The number of nitrogens with zero attached hydrogens (tertiary/aromatic N) is 1. The maximum atomic E-state index is 3.55. The van der Waals surface area contributed by atoms with Crippen molar-refractivity contribution in [1.82, 2.24) is 0 Å². The SMILES string of the molecule is Cc1cc(Br)cc(N2CC3(CC3)C2)c1. The molecule has 1 aliphatic carbocycles. The van der Waals surface area contributed by atoms with Gasteiger partial charge in [0.15, 0.2) is 0 Å². The molecule has 1 aromatic carbocycles. The summed E-state index contributed by atoms with van der Waals surface area (Å²) < 4.78 is 1.20. The maximum absolute atomic E-state index is 3.55. The minimum atomic E-state index is 0.746. The van der Waals surface area contributed by atoms with E-state index in [1.807, 2.05) is 0 Å². The Labute approximate surface area is 93.2 Å². The monoisotopic (exact) mass is 251 g/mol. The predicted octanol–water partition coefficient (Wildman–Crippen LogP) is 3.36. The summed E-state index contributed by atoms with van der Waals surface area (Å²) in [5, 5.41) is 0. The van der Waals surface area contributed by atoms with Crippen molar-refractivity contribution in [3.8, 4) is 0 Å². The first-order valence-electron chi connectivity index (χ1n) is 5.19. The first-order valence-corrected chi connectivity index (χ1v) is 5.98. The third-order valence-electron chi connectivity index (χ3n) is 3.40. The molecule has 1 aromatic rings. The van der Waals surface area contributed by atoms with Crippen molar-refractivity contribution in [1.29, 1.82) is 0 Å². The molecule has 1 nitrogen and oxygen atoms in total. The molecular weight excluding hydrogens is 238 g/mol. The molecule has 0 aromatic heterocycles. The van der Waals surface area contributed by atoms with Crippen molar-refractivity contribution >= 4 is 21.6 Å². The second kappa shape index (κ2) is 2.75. The lowest BCUT2D eigenvalue weighted by molar-refractivity contribution is 0.387. The van der Waals surface area contributed by atoms with Crippen molar-refractivity contribution < 1.29 is 0 Å². The van der Waals surface area contributed by atoms with Crippen LogP contribution in [-0.2, 0) is 0 Å². The Hall–Kier alpha value is -0.500. The fourth-order valence-corrected chi connectivity index (χ4v) is 2.93. The molecule has 2 heteroatoms. The van der Waals surface area contributed by atoms with Gasteiger partial charge in [-0.3, -0.25) is 0 Å². The van der Waals surface area contributed by atoms with E-state index < -0.39 is 0 Å². The highest BCUT2D eigenvalue weighted by molar-refractivity contribution is 9.10. The molecular formula is C12H14BrN. The van der Waals surface area contributed by atoms with Gasteiger partial charge in [0.1, 0.15) is 0 Å². The summed E-state index contributed by atoms with van der Waals surface area (Å²) in [4.78, 5) is 2.49. The van der Waals surface area contributed by atoms with Gasteiger partial charge in [-0.25, -0.2) is 0 Å². The van der Waals surface area contributed by atoms with E-state index in [4.69, 9.17) is 0 Å². The van der Waals surface area contributed by atoms with Crippen LogP contribution in [0.4, 0.5) is 5.69 Å². The number of hydrogen-bond acceptors (Lipinski definition) is 1. The topological polar surface area (TPSA) is 3.24 Å². The summed E-state index contributed by atoms with van der Waals surface area (Å²) in [5.41, 5.74) is 3.47. The maximum Gasteiger partial charge on any atom is 0.0380 e. The van der Waals surface area contributed by atoms with Crippen LogP contribution in [0.25, 0.3) is 0 Å². The van der Waals surface area contributed by atoms with E-state index in [0.717, 1.165) is 5.41 Å². The fraction of sp³-hybridized carbons (Fsp3) is 0.500. The average Bonchev–Trinajstić information content (AvgIpc) is 2.77. The van der Waals surface area contributed by atoms with Crippen LogP contribution in [0.5, 0.6) is 0 Å². The van der Waals surface area contributed by atoms with Gasteiger partial charge >= 0.3 is 0 Å². The van der Waals surface area contributed by atoms with Gasteiger partial charge in [-0.15, -0.1) is 0 Å². The largest absolute Gasteiger partial charge is 0.370 e. The zero-order valence-electron chi connectivity index (χ0n) is 8.39. The summed E-state index contributed by atoms with van der Waals surface area (Å²) in [5.74, 6) is 0. The zero-order valence-corrected chi connectivity index (χ0v) is 9.97. The smallest absolute Gasteiger partial charge is 0.0380 e. The summed E-state index contributed by atoms with van der Waals surface area (Å²) in [6.07, 6.45) is 2.91. The number of benzene rings is 1. The number of anilines is 1. The van der Waals surface area contributed by atoms with E-state index in [2.05, 4.69) is 46.0 Å². The minimum absolute atomic E-state index is 0.746. The number of halogens is 1. The Balaban J connectivity index is 1.83. The van der Waals surface area contributed by atoms with E-state index in [1.165, 1.54) is 41.7 Å². The number of rotatable bonds is 1. The predicted molar refractivity (Wildman–Crippen MR) is 62.8 cm³/mol. The molecule has 2 aliphatic rings. The summed E-state index contributed by atoms with van der Waals surface area (Å²) in [6, 6.07) is 6.67. The molecule has 0 bridgehead atoms. The lowest BCUT2D eigenvalue weighted by Gasteiger charge is -2.42. The molecule has 14 heavy (non-hydrogen) atoms. The highest BCUT2D eigenvalue weighted by Crippen LogP contribution is 2.54. The Kier molecular flexibility index (Phi) is 1.73. The van der Waals surface area contributed by atoms with Crippen molar-refractivity contribution in [2.75, 3.05) is 18.0 Å². The second-order valence-electron chi connectivity index (χ2n) is 4.84. The van der Waals surface area contributed by atoms with Crippen LogP contribution < -0.4 is 4.90 Å². The van der Waals surface area contributed by atoms with Gasteiger partial charge in [-0.1, -0.05) is 15.9 Å². The Morgan fingerprint density at radius 1 is 1.21 bits per heavy atom. The van der Waals surface area contributed by atoms with Crippen molar-refractivity contribution in [2.24, 2.45) is 5.41 Å². The summed E-state index contributed by atoms with van der Waals surface area (Å²) >= 11 is 3.55. The molecule has 1 saturated carbocycles. The summed E-state index contributed by atoms with van der Waals surface area (Å²) in [6.45, 7) is 4.72. The fourth-order valence-electron chi connectivity index (χ4n) is 2.34. The van der Waals surface area contributed by atoms with Gasteiger partial charge in [-0.05, 0) is 43.5 Å². The third kappa shape index (κ3) is 1.36. The molecule has 0 unspecified atom stereocenters. The second-order valence-corrected chi connectivity index (χ2v) is 5.76. The first-order chi connectivity index (χ1) is 6.67. The highest BCUT2D eigenvalue weighted by Gasteiger charge is 2.52. The van der Waals surface area contributed by atoms with Crippen molar-refractivity contribution in [3.63, 3.8) is 0 Å². The molecule has 74 valence electrons. The average molecular weight is 252 g/mol. The molecule has 1 spiro atoms. The van der Waals surface area contributed by atoms with Crippen LogP contribution in [0, 0.1) is 12.3 Å². The zero-order chi connectivity index (χ0) is 9.76. The van der Waals surface area contributed by atoms with Crippen molar-refractivity contribution in [2.45, 2.75) is 19.8 Å². The molecule has 0 amide bonds. The molecule has 0 N–H and O–H groups in total. The van der Waals surface area contributed by atoms with Gasteiger partial charge in [0, 0.05) is 28.7 Å². The Bertz CT molecular complexity index is 354. The lowest BCUT2D eigenvalue weighted by atomic mass is 9.96. The van der Waals surface area contributed by atoms with Gasteiger partial charge < -0.3 is 4.90 Å². The Morgan fingerprint density at radius 3 is 2.50 bits per heavy atom.